The average molecular weight is 325 g/mol. The first-order valence-electron chi connectivity index (χ1n) is 6.12. The first-order chi connectivity index (χ1) is 9.87. The molecule has 0 aliphatic rings. The Morgan fingerprint density at radius 3 is 2.81 bits per heavy atom. The highest BCUT2D eigenvalue weighted by molar-refractivity contribution is 7.92. The van der Waals surface area contributed by atoms with Gasteiger partial charge in [0.2, 0.25) is 0 Å². The van der Waals surface area contributed by atoms with Gasteiger partial charge in [-0.05, 0) is 24.6 Å². The number of rotatable bonds is 4. The summed E-state index contributed by atoms with van der Waals surface area (Å²) in [6, 6.07) is 5.98. The Balaban J connectivity index is 2.46. The van der Waals surface area contributed by atoms with Crippen molar-refractivity contribution in [3.05, 3.63) is 40.7 Å². The highest BCUT2D eigenvalue weighted by Gasteiger charge is 2.21. The van der Waals surface area contributed by atoms with Crippen molar-refractivity contribution in [2.75, 3.05) is 4.72 Å². The van der Waals surface area contributed by atoms with Crippen molar-refractivity contribution in [1.82, 2.24) is 9.78 Å². The van der Waals surface area contributed by atoms with Crippen LogP contribution in [-0.4, -0.2) is 18.2 Å². The molecule has 2 rings (SSSR count). The van der Waals surface area contributed by atoms with Crippen LogP contribution in [0.25, 0.3) is 0 Å². The largest absolute Gasteiger partial charge is 0.276 e. The van der Waals surface area contributed by atoms with Crippen molar-refractivity contribution in [1.29, 1.82) is 5.26 Å². The van der Waals surface area contributed by atoms with Crippen molar-refractivity contribution in [3.8, 4) is 6.07 Å². The Bertz CT molecular complexity index is 821. The Morgan fingerprint density at radius 2 is 2.19 bits per heavy atom. The van der Waals surface area contributed by atoms with Crippen LogP contribution < -0.4 is 4.72 Å². The molecule has 0 unspecified atom stereocenters. The molecule has 6 nitrogen and oxygen atoms in total. The van der Waals surface area contributed by atoms with E-state index in [-0.39, 0.29) is 15.5 Å². The fourth-order valence-corrected chi connectivity index (χ4v) is 3.46. The molecule has 0 amide bonds. The average Bonchev–Trinajstić information content (AvgIpc) is 2.78. The smallest absolute Gasteiger partial charge is 0.263 e. The van der Waals surface area contributed by atoms with Gasteiger partial charge in [-0.15, -0.1) is 0 Å². The quantitative estimate of drug-likeness (QED) is 0.934. The first-order valence-corrected chi connectivity index (χ1v) is 7.98. The summed E-state index contributed by atoms with van der Waals surface area (Å²) < 4.78 is 28.8. The van der Waals surface area contributed by atoms with Gasteiger partial charge in [0.25, 0.3) is 10.0 Å². The van der Waals surface area contributed by atoms with Crippen LogP contribution >= 0.6 is 11.6 Å². The molecule has 0 saturated heterocycles. The summed E-state index contributed by atoms with van der Waals surface area (Å²) in [7, 11) is -2.17. The minimum atomic E-state index is -3.88. The number of anilines is 1. The number of hydrogen-bond acceptors (Lipinski definition) is 4. The van der Waals surface area contributed by atoms with E-state index in [0.29, 0.717) is 17.8 Å². The molecule has 0 bridgehead atoms. The maximum atomic E-state index is 12.4. The van der Waals surface area contributed by atoms with E-state index in [0.717, 1.165) is 0 Å². The van der Waals surface area contributed by atoms with Crippen molar-refractivity contribution in [3.63, 3.8) is 0 Å². The lowest BCUT2D eigenvalue weighted by Crippen LogP contribution is -2.14. The van der Waals surface area contributed by atoms with Gasteiger partial charge in [-0.2, -0.15) is 10.4 Å². The van der Waals surface area contributed by atoms with Crippen LogP contribution in [0.4, 0.5) is 5.69 Å². The molecule has 0 saturated carbocycles. The fraction of sp³-hybridized carbons (Fsp3) is 0.231. The Labute approximate surface area is 128 Å². The van der Waals surface area contributed by atoms with Gasteiger partial charge < -0.3 is 0 Å². The van der Waals surface area contributed by atoms with Crippen molar-refractivity contribution in [2.24, 2.45) is 7.05 Å². The van der Waals surface area contributed by atoms with Gasteiger partial charge in [-0.1, -0.05) is 18.5 Å². The molecule has 0 aliphatic heterocycles. The van der Waals surface area contributed by atoms with E-state index in [1.807, 2.05) is 13.0 Å². The zero-order valence-corrected chi connectivity index (χ0v) is 13.0. The Morgan fingerprint density at radius 1 is 1.48 bits per heavy atom. The highest BCUT2D eigenvalue weighted by atomic mass is 35.5. The molecule has 0 atom stereocenters. The van der Waals surface area contributed by atoms with E-state index < -0.39 is 10.0 Å². The number of hydrogen-bond donors (Lipinski definition) is 1. The second kappa shape index (κ2) is 5.76. The van der Waals surface area contributed by atoms with Crippen molar-refractivity contribution >= 4 is 27.3 Å². The maximum absolute atomic E-state index is 12.4. The molecule has 0 fully saturated rings. The van der Waals surface area contributed by atoms with Gasteiger partial charge in [-0.25, -0.2) is 8.42 Å². The zero-order valence-electron chi connectivity index (χ0n) is 11.5. The standard InChI is InChI=1S/C13H13ClN4O2S/c1-3-11-12(8-18(2)16-11)17-21(19,20)13-6-9(7-15)4-5-10(13)14/h4-6,8,17H,3H2,1-2H3. The van der Waals surface area contributed by atoms with Gasteiger partial charge in [0.05, 0.1) is 28.0 Å². The zero-order chi connectivity index (χ0) is 15.6. The third kappa shape index (κ3) is 3.17. The normalized spacial score (nSPS) is 11.1. The second-order valence-electron chi connectivity index (χ2n) is 4.38. The number of halogens is 1. The molecule has 1 aromatic heterocycles. The van der Waals surface area contributed by atoms with Crippen molar-refractivity contribution in [2.45, 2.75) is 18.2 Å². The number of sulfonamides is 1. The lowest BCUT2D eigenvalue weighted by Gasteiger charge is -2.09. The van der Waals surface area contributed by atoms with E-state index in [9.17, 15) is 8.42 Å². The van der Waals surface area contributed by atoms with Crippen LogP contribution in [0.1, 0.15) is 18.2 Å². The summed E-state index contributed by atoms with van der Waals surface area (Å²) in [6.07, 6.45) is 2.17. The molecular formula is C13H13ClN4O2S. The predicted molar refractivity (Wildman–Crippen MR) is 79.6 cm³/mol. The number of benzene rings is 1. The third-order valence-corrected chi connectivity index (χ3v) is 4.68. The van der Waals surface area contributed by atoms with E-state index in [1.54, 1.807) is 13.2 Å². The molecule has 0 radical (unpaired) electrons. The molecule has 2 aromatic rings. The van der Waals surface area contributed by atoms with Gasteiger partial charge in [0.15, 0.2) is 0 Å². The number of nitrogens with zero attached hydrogens (tertiary/aromatic N) is 3. The monoisotopic (exact) mass is 324 g/mol. The van der Waals surface area contributed by atoms with E-state index in [2.05, 4.69) is 9.82 Å². The first kappa shape index (κ1) is 15.4. The van der Waals surface area contributed by atoms with E-state index >= 15 is 0 Å². The lowest BCUT2D eigenvalue weighted by molar-refractivity contribution is 0.601. The summed E-state index contributed by atoms with van der Waals surface area (Å²) in [4.78, 5) is -0.130. The van der Waals surface area contributed by atoms with Crippen LogP contribution in [0, 0.1) is 11.3 Å². The molecule has 0 spiro atoms. The van der Waals surface area contributed by atoms with Crippen LogP contribution in [0.3, 0.4) is 0 Å². The SMILES string of the molecule is CCc1nn(C)cc1NS(=O)(=O)c1cc(C#N)ccc1Cl. The van der Waals surface area contributed by atoms with Gasteiger partial charge in [0, 0.05) is 13.2 Å². The molecule has 1 N–H and O–H groups in total. The molecular weight excluding hydrogens is 312 g/mol. The second-order valence-corrected chi connectivity index (χ2v) is 6.44. The Kier molecular flexibility index (Phi) is 4.21. The molecule has 1 heterocycles. The summed E-state index contributed by atoms with van der Waals surface area (Å²) in [5, 5.41) is 13.1. The van der Waals surface area contributed by atoms with Crippen LogP contribution in [0.2, 0.25) is 5.02 Å². The predicted octanol–water partition coefficient (Wildman–Crippen LogP) is 2.31. The molecule has 110 valence electrons. The minimum Gasteiger partial charge on any atom is -0.276 e. The summed E-state index contributed by atoms with van der Waals surface area (Å²) in [5.41, 5.74) is 1.26. The number of nitrogens with one attached hydrogen (secondary N) is 1. The molecule has 1 aromatic carbocycles. The van der Waals surface area contributed by atoms with Gasteiger partial charge in [-0.3, -0.25) is 9.40 Å². The van der Waals surface area contributed by atoms with Crippen molar-refractivity contribution < 1.29 is 8.42 Å². The molecule has 21 heavy (non-hydrogen) atoms. The van der Waals surface area contributed by atoms with Crippen LogP contribution in [0.15, 0.2) is 29.3 Å². The number of aromatic nitrogens is 2. The van der Waals surface area contributed by atoms with E-state index in [4.69, 9.17) is 16.9 Å². The Hall–Kier alpha value is -2.04. The van der Waals surface area contributed by atoms with Gasteiger partial charge in [0.1, 0.15) is 4.90 Å². The summed E-state index contributed by atoms with van der Waals surface area (Å²) in [5.74, 6) is 0. The number of aryl methyl sites for hydroxylation is 2. The lowest BCUT2D eigenvalue weighted by atomic mass is 10.2. The topological polar surface area (TPSA) is 87.8 Å². The maximum Gasteiger partial charge on any atom is 0.263 e. The summed E-state index contributed by atoms with van der Waals surface area (Å²) >= 11 is 5.93. The minimum absolute atomic E-state index is 0.0587. The molecule has 8 heteroatoms. The highest BCUT2D eigenvalue weighted by Crippen LogP contribution is 2.26. The summed E-state index contributed by atoms with van der Waals surface area (Å²) in [6.45, 7) is 1.88. The van der Waals surface area contributed by atoms with Crippen LogP contribution in [0.5, 0.6) is 0 Å². The van der Waals surface area contributed by atoms with Crippen LogP contribution in [-0.2, 0) is 23.5 Å². The van der Waals surface area contributed by atoms with E-state index in [1.165, 1.54) is 22.9 Å². The number of nitriles is 1. The third-order valence-electron chi connectivity index (χ3n) is 2.83. The molecule has 0 aliphatic carbocycles. The van der Waals surface area contributed by atoms with Gasteiger partial charge >= 0.3 is 0 Å². The fourth-order valence-electron chi connectivity index (χ4n) is 1.86.